The number of carbonyl (C=O) groups is 1. The molecule has 0 bridgehead atoms. The van der Waals surface area contributed by atoms with E-state index in [1.807, 2.05) is 42.5 Å². The van der Waals surface area contributed by atoms with E-state index in [9.17, 15) is 4.79 Å². The van der Waals surface area contributed by atoms with E-state index < -0.39 is 0 Å². The molecule has 0 aliphatic heterocycles. The molecule has 0 radical (unpaired) electrons. The van der Waals surface area contributed by atoms with Gasteiger partial charge in [0.25, 0.3) is 0 Å². The molecular formula is C31H25N3OSe. The topological polar surface area (TPSA) is 56.5 Å². The summed E-state index contributed by atoms with van der Waals surface area (Å²) in [4.78, 5) is 19.7. The number of hydrogen-bond acceptors (Lipinski definition) is 3. The van der Waals surface area contributed by atoms with Crippen LogP contribution in [0.4, 0.5) is 5.69 Å². The standard InChI is InChI=1S/C31H25N3OSe/c1-31(2)28-13-20(34(3)4)9-10-22(28)26-15-21(36-30(26)31)14-25-27(16-33-17-32)23-11-18-7-5-6-8-19(18)12-24(23)29(25)35/h5-15,17,32H,1-4H3/b25-14-,32-17?. The van der Waals surface area contributed by atoms with Gasteiger partial charge in [0.15, 0.2) is 0 Å². The molecule has 1 aromatic heterocycles. The van der Waals surface area contributed by atoms with E-state index in [1.165, 1.54) is 31.3 Å². The first kappa shape index (κ1) is 22.7. The average Bonchev–Trinajstić information content (AvgIpc) is 3.47. The average molecular weight is 535 g/mol. The van der Waals surface area contributed by atoms with Gasteiger partial charge in [-0.1, -0.05) is 0 Å². The minimum atomic E-state index is -0.0475. The van der Waals surface area contributed by atoms with E-state index in [4.69, 9.17) is 5.41 Å². The Morgan fingerprint density at radius 2 is 1.67 bits per heavy atom. The number of ketones is 1. The Morgan fingerprint density at radius 1 is 0.944 bits per heavy atom. The summed E-state index contributed by atoms with van der Waals surface area (Å²) in [7, 11) is 4.15. The number of fused-ring (bicyclic) bond motifs is 5. The number of anilines is 1. The van der Waals surface area contributed by atoms with E-state index in [-0.39, 0.29) is 25.7 Å². The summed E-state index contributed by atoms with van der Waals surface area (Å²) in [5.41, 5.74) is 7.93. The van der Waals surface area contributed by atoms with Crippen LogP contribution < -0.4 is 4.90 Å². The fourth-order valence-electron chi connectivity index (χ4n) is 5.37. The number of Topliss-reactive ketones (excluding diaryl/α,β-unsaturated/α-hetero) is 1. The molecule has 176 valence electrons. The van der Waals surface area contributed by atoms with E-state index >= 15 is 0 Å². The third-order valence-corrected chi connectivity index (χ3v) is 10.2. The van der Waals surface area contributed by atoms with Crippen molar-refractivity contribution in [3.63, 3.8) is 0 Å². The van der Waals surface area contributed by atoms with Crippen molar-refractivity contribution in [2.24, 2.45) is 4.99 Å². The third-order valence-electron chi connectivity index (χ3n) is 7.24. The van der Waals surface area contributed by atoms with Gasteiger partial charge in [0, 0.05) is 0 Å². The second-order valence-corrected chi connectivity index (χ2v) is 12.3. The van der Waals surface area contributed by atoms with Crippen molar-refractivity contribution in [3.05, 3.63) is 91.8 Å². The molecule has 2 aliphatic rings. The van der Waals surface area contributed by atoms with Crippen LogP contribution in [0.1, 0.15) is 44.2 Å². The molecule has 0 saturated heterocycles. The Morgan fingerprint density at radius 3 is 2.36 bits per heavy atom. The molecule has 3 aromatic carbocycles. The first-order valence-corrected chi connectivity index (χ1v) is 13.6. The van der Waals surface area contributed by atoms with Crippen molar-refractivity contribution in [1.82, 2.24) is 0 Å². The molecule has 4 aromatic rings. The summed E-state index contributed by atoms with van der Waals surface area (Å²) in [6, 6.07) is 21.1. The molecule has 1 heterocycles. The Kier molecular flexibility index (Phi) is 5.14. The van der Waals surface area contributed by atoms with Gasteiger partial charge >= 0.3 is 217 Å². The van der Waals surface area contributed by atoms with Crippen LogP contribution in [-0.4, -0.2) is 46.6 Å². The number of aliphatic imine (C=N–C) groups is 1. The summed E-state index contributed by atoms with van der Waals surface area (Å²) in [6.45, 7) is 4.62. The van der Waals surface area contributed by atoms with Crippen molar-refractivity contribution >= 4 is 60.6 Å². The van der Waals surface area contributed by atoms with Gasteiger partial charge in [0.1, 0.15) is 0 Å². The van der Waals surface area contributed by atoms with E-state index in [1.54, 1.807) is 0 Å². The Labute approximate surface area is 216 Å². The van der Waals surface area contributed by atoms with E-state index in [0.717, 1.165) is 22.7 Å². The molecule has 1 N–H and O–H groups in total. The summed E-state index contributed by atoms with van der Waals surface area (Å²) in [5.74, 6) is 2.97. The Hall–Kier alpha value is -3.75. The van der Waals surface area contributed by atoms with Gasteiger partial charge in [0.2, 0.25) is 0 Å². The van der Waals surface area contributed by atoms with Crippen LogP contribution in [0.25, 0.3) is 33.5 Å². The third kappa shape index (κ3) is 3.32. The van der Waals surface area contributed by atoms with Gasteiger partial charge in [-0.2, -0.15) is 0 Å². The molecule has 0 fully saturated rings. The van der Waals surface area contributed by atoms with Gasteiger partial charge in [-0.05, 0) is 0 Å². The second kappa shape index (κ2) is 8.15. The maximum absolute atomic E-state index is 13.6. The SMILES string of the molecule is CN(C)c1ccc2c(c1)C(C)(C)c1[se]c(/C=C3\C(=O)c4cc5ccccc5cc4C3=C=NC=N)cc1-2. The number of hydrogen-bond donors (Lipinski definition) is 1. The van der Waals surface area contributed by atoms with Crippen LogP contribution >= 0.6 is 0 Å². The van der Waals surface area contributed by atoms with Crippen LogP contribution in [0.5, 0.6) is 0 Å². The molecule has 0 amide bonds. The number of rotatable bonds is 3. The van der Waals surface area contributed by atoms with Gasteiger partial charge < -0.3 is 0 Å². The summed E-state index contributed by atoms with van der Waals surface area (Å²) in [5, 5.41) is 9.48. The zero-order valence-electron chi connectivity index (χ0n) is 20.6. The first-order valence-electron chi connectivity index (χ1n) is 11.9. The fraction of sp³-hybridized carbons (Fsp3) is 0.161. The van der Waals surface area contributed by atoms with Gasteiger partial charge in [0.05, 0.1) is 0 Å². The van der Waals surface area contributed by atoms with Crippen molar-refractivity contribution in [2.75, 3.05) is 19.0 Å². The summed E-state index contributed by atoms with van der Waals surface area (Å²) in [6.07, 6.45) is 3.00. The summed E-state index contributed by atoms with van der Waals surface area (Å²) >= 11 is 0.104. The first-order chi connectivity index (χ1) is 17.3. The molecule has 0 atom stereocenters. The molecule has 0 saturated carbocycles. The van der Waals surface area contributed by atoms with Crippen molar-refractivity contribution in [1.29, 1.82) is 5.41 Å². The van der Waals surface area contributed by atoms with Crippen molar-refractivity contribution in [2.45, 2.75) is 19.3 Å². The van der Waals surface area contributed by atoms with Crippen LogP contribution in [0.2, 0.25) is 0 Å². The van der Waals surface area contributed by atoms with Gasteiger partial charge in [-0.3, -0.25) is 0 Å². The van der Waals surface area contributed by atoms with Crippen molar-refractivity contribution < 1.29 is 4.79 Å². The van der Waals surface area contributed by atoms with Crippen molar-refractivity contribution in [3.8, 4) is 11.1 Å². The number of nitrogens with one attached hydrogen (secondary N) is 1. The summed E-state index contributed by atoms with van der Waals surface area (Å²) < 4.78 is 2.64. The van der Waals surface area contributed by atoms with Crippen LogP contribution in [0.15, 0.2) is 71.2 Å². The normalized spacial score (nSPS) is 16.1. The van der Waals surface area contributed by atoms with E-state index in [0.29, 0.717) is 16.7 Å². The predicted molar refractivity (Wildman–Crippen MR) is 151 cm³/mol. The van der Waals surface area contributed by atoms with Crippen LogP contribution in [0, 0.1) is 5.41 Å². The fourth-order valence-corrected chi connectivity index (χ4v) is 7.95. The molecule has 6 rings (SSSR count). The molecule has 0 spiro atoms. The van der Waals surface area contributed by atoms with Crippen LogP contribution in [0.3, 0.4) is 0 Å². The number of allylic oxidation sites excluding steroid dienone is 2. The number of carbonyl (C=O) groups excluding carboxylic acids is 1. The molecule has 4 nitrogen and oxygen atoms in total. The zero-order chi connectivity index (χ0) is 25.2. The molecule has 5 heteroatoms. The van der Waals surface area contributed by atoms with Gasteiger partial charge in [-0.15, -0.1) is 0 Å². The molecular weight excluding hydrogens is 509 g/mol. The van der Waals surface area contributed by atoms with E-state index in [2.05, 4.69) is 68.0 Å². The molecule has 36 heavy (non-hydrogen) atoms. The maximum atomic E-state index is 13.6. The zero-order valence-corrected chi connectivity index (χ0v) is 22.4. The molecule has 2 aliphatic carbocycles. The van der Waals surface area contributed by atoms with Crippen LogP contribution in [-0.2, 0) is 5.41 Å². The Bertz CT molecular complexity index is 1710. The van der Waals surface area contributed by atoms with Gasteiger partial charge in [-0.25, -0.2) is 0 Å². The second-order valence-electron chi connectivity index (χ2n) is 10.0. The number of nitrogens with zero attached hydrogens (tertiary/aromatic N) is 2. The predicted octanol–water partition coefficient (Wildman–Crippen LogP) is 6.21. The molecule has 0 unspecified atom stereocenters. The Balaban J connectivity index is 1.50. The minimum absolute atomic E-state index is 0.00233. The monoisotopic (exact) mass is 535 g/mol. The number of benzene rings is 3. The quantitative estimate of drug-likeness (QED) is 0.147.